The molecule has 0 radical (unpaired) electrons. The van der Waals surface area contributed by atoms with Crippen molar-refractivity contribution in [3.05, 3.63) is 28.5 Å². The molecule has 20 heavy (non-hydrogen) atoms. The molecule has 0 fully saturated rings. The first-order chi connectivity index (χ1) is 9.38. The van der Waals surface area contributed by atoms with Gasteiger partial charge in [0.15, 0.2) is 0 Å². The fourth-order valence-corrected chi connectivity index (χ4v) is 2.39. The van der Waals surface area contributed by atoms with Gasteiger partial charge in [-0.3, -0.25) is 14.6 Å². The van der Waals surface area contributed by atoms with E-state index in [-0.39, 0.29) is 18.2 Å². The van der Waals surface area contributed by atoms with Crippen LogP contribution in [0.2, 0.25) is 0 Å². The molecule has 5 nitrogen and oxygen atoms in total. The molecule has 0 bridgehead atoms. The summed E-state index contributed by atoms with van der Waals surface area (Å²) in [6, 6.07) is 1.68. The zero-order valence-electron chi connectivity index (χ0n) is 11.6. The molecule has 2 N–H and O–H groups in total. The minimum atomic E-state index is -0.839. The van der Waals surface area contributed by atoms with E-state index in [1.54, 1.807) is 12.3 Å². The zero-order chi connectivity index (χ0) is 15.1. The molecule has 0 saturated carbocycles. The van der Waals surface area contributed by atoms with Crippen molar-refractivity contribution in [1.29, 1.82) is 0 Å². The summed E-state index contributed by atoms with van der Waals surface area (Å²) in [6.45, 7) is 4.43. The van der Waals surface area contributed by atoms with Gasteiger partial charge in [0.2, 0.25) is 0 Å². The molecule has 0 aliphatic rings. The third-order valence-corrected chi connectivity index (χ3v) is 3.22. The highest BCUT2D eigenvalue weighted by Crippen LogP contribution is 2.15. The Labute approximate surface area is 126 Å². The normalized spacial score (nSPS) is 12.2. The van der Waals surface area contributed by atoms with E-state index >= 15 is 0 Å². The third kappa shape index (κ3) is 6.14. The Kier molecular flexibility index (Phi) is 6.64. The smallest absolute Gasteiger partial charge is 0.303 e. The van der Waals surface area contributed by atoms with Crippen LogP contribution in [-0.2, 0) is 4.79 Å². The van der Waals surface area contributed by atoms with Crippen LogP contribution in [0.4, 0.5) is 0 Å². The van der Waals surface area contributed by atoms with Gasteiger partial charge < -0.3 is 10.4 Å². The van der Waals surface area contributed by atoms with Gasteiger partial charge in [0, 0.05) is 29.8 Å². The number of carbonyl (C=O) groups excluding carboxylic acids is 1. The van der Waals surface area contributed by atoms with E-state index in [9.17, 15) is 9.59 Å². The second-order valence-electron chi connectivity index (χ2n) is 5.20. The van der Waals surface area contributed by atoms with E-state index in [0.29, 0.717) is 18.0 Å². The summed E-state index contributed by atoms with van der Waals surface area (Å²) in [5, 5.41) is 11.7. The number of pyridine rings is 1. The molecule has 1 aromatic rings. The van der Waals surface area contributed by atoms with Crippen molar-refractivity contribution in [2.24, 2.45) is 11.8 Å². The topological polar surface area (TPSA) is 79.3 Å². The summed E-state index contributed by atoms with van der Waals surface area (Å²) in [6.07, 6.45) is 3.91. The first-order valence-electron chi connectivity index (χ1n) is 6.49. The van der Waals surface area contributed by atoms with E-state index in [2.05, 4.69) is 26.2 Å². The number of rotatable bonds is 7. The number of aliphatic carboxylic acids is 1. The average molecular weight is 343 g/mol. The van der Waals surface area contributed by atoms with Gasteiger partial charge in [-0.1, -0.05) is 13.8 Å². The Balaban J connectivity index is 2.57. The van der Waals surface area contributed by atoms with Crippen molar-refractivity contribution < 1.29 is 14.7 Å². The van der Waals surface area contributed by atoms with Gasteiger partial charge in [0.05, 0.1) is 5.56 Å². The lowest BCUT2D eigenvalue weighted by molar-refractivity contribution is -0.138. The molecular weight excluding hydrogens is 324 g/mol. The fourth-order valence-electron chi connectivity index (χ4n) is 2.03. The quantitative estimate of drug-likeness (QED) is 0.798. The molecule has 1 aromatic heterocycles. The number of carbonyl (C=O) groups is 2. The highest BCUT2D eigenvalue weighted by atomic mass is 79.9. The Morgan fingerprint density at radius 1 is 1.40 bits per heavy atom. The molecule has 1 rings (SSSR count). The number of nitrogens with zero attached hydrogens (tertiary/aromatic N) is 1. The second-order valence-corrected chi connectivity index (χ2v) is 6.11. The van der Waals surface area contributed by atoms with Gasteiger partial charge in [-0.25, -0.2) is 0 Å². The monoisotopic (exact) mass is 342 g/mol. The van der Waals surface area contributed by atoms with E-state index in [1.165, 1.54) is 6.20 Å². The largest absolute Gasteiger partial charge is 0.481 e. The molecule has 0 aromatic carbocycles. The maximum atomic E-state index is 12.0. The Morgan fingerprint density at radius 3 is 2.65 bits per heavy atom. The molecule has 0 spiro atoms. The van der Waals surface area contributed by atoms with Crippen LogP contribution in [0.1, 0.15) is 37.0 Å². The Bertz CT molecular complexity index is 477. The molecule has 0 unspecified atom stereocenters. The van der Waals surface area contributed by atoms with E-state index < -0.39 is 5.97 Å². The van der Waals surface area contributed by atoms with E-state index in [4.69, 9.17) is 5.11 Å². The maximum absolute atomic E-state index is 12.0. The Morgan fingerprint density at radius 2 is 2.10 bits per heavy atom. The van der Waals surface area contributed by atoms with Crippen LogP contribution in [0, 0.1) is 11.8 Å². The lowest BCUT2D eigenvalue weighted by Crippen LogP contribution is -2.31. The van der Waals surface area contributed by atoms with Crippen LogP contribution in [0.3, 0.4) is 0 Å². The highest BCUT2D eigenvalue weighted by molar-refractivity contribution is 9.10. The van der Waals surface area contributed by atoms with Crippen molar-refractivity contribution in [1.82, 2.24) is 10.3 Å². The number of carboxylic acids is 1. The average Bonchev–Trinajstić information content (AvgIpc) is 2.34. The fraction of sp³-hybridized carbons (Fsp3) is 0.500. The number of aromatic nitrogens is 1. The molecule has 1 atom stereocenters. The minimum absolute atomic E-state index is 0.0587. The summed E-state index contributed by atoms with van der Waals surface area (Å²) in [7, 11) is 0. The van der Waals surface area contributed by atoms with Gasteiger partial charge in [-0.15, -0.1) is 0 Å². The van der Waals surface area contributed by atoms with Crippen LogP contribution in [0.5, 0.6) is 0 Å². The molecule has 1 heterocycles. The lowest BCUT2D eigenvalue weighted by Gasteiger charge is -2.17. The number of halogens is 1. The molecular formula is C14H19BrN2O3. The summed E-state index contributed by atoms with van der Waals surface area (Å²) in [5.74, 6) is -0.743. The molecule has 6 heteroatoms. The van der Waals surface area contributed by atoms with Crippen molar-refractivity contribution in [3.8, 4) is 0 Å². The first kappa shape index (κ1) is 16.6. The molecule has 0 saturated heterocycles. The Hall–Kier alpha value is -1.43. The van der Waals surface area contributed by atoms with Gasteiger partial charge in [-0.2, -0.15) is 0 Å². The van der Waals surface area contributed by atoms with Crippen molar-refractivity contribution in [2.75, 3.05) is 6.54 Å². The predicted octanol–water partition coefficient (Wildman–Crippen LogP) is 2.71. The number of hydrogen-bond donors (Lipinski definition) is 2. The van der Waals surface area contributed by atoms with Crippen LogP contribution < -0.4 is 5.32 Å². The zero-order valence-corrected chi connectivity index (χ0v) is 13.2. The lowest BCUT2D eigenvalue weighted by atomic mass is 9.94. The van der Waals surface area contributed by atoms with Crippen molar-refractivity contribution >= 4 is 27.8 Å². The highest BCUT2D eigenvalue weighted by Gasteiger charge is 2.16. The summed E-state index contributed by atoms with van der Waals surface area (Å²) in [4.78, 5) is 26.7. The number of nitrogens with one attached hydrogen (secondary N) is 1. The van der Waals surface area contributed by atoms with Gasteiger partial charge >= 0.3 is 5.97 Å². The van der Waals surface area contributed by atoms with Crippen LogP contribution >= 0.6 is 15.9 Å². The molecule has 0 aliphatic heterocycles. The standard InChI is InChI=1S/C14H19BrN2O3/c1-9(2)3-10(4-13(18)19)6-17-14(20)11-5-12(15)8-16-7-11/h5,7-10H,3-4,6H2,1-2H3,(H,17,20)(H,18,19)/t10-/m0/s1. The summed E-state index contributed by atoms with van der Waals surface area (Å²) < 4.78 is 0.731. The minimum Gasteiger partial charge on any atom is -0.481 e. The molecule has 0 aliphatic carbocycles. The van der Waals surface area contributed by atoms with Gasteiger partial charge in [0.25, 0.3) is 5.91 Å². The van der Waals surface area contributed by atoms with Gasteiger partial charge in [-0.05, 0) is 40.3 Å². The summed E-state index contributed by atoms with van der Waals surface area (Å²) in [5.41, 5.74) is 0.456. The SMILES string of the molecule is CC(C)C[C@H](CNC(=O)c1cncc(Br)c1)CC(=O)O. The number of amides is 1. The van der Waals surface area contributed by atoms with Crippen molar-refractivity contribution in [2.45, 2.75) is 26.7 Å². The first-order valence-corrected chi connectivity index (χ1v) is 7.28. The summed E-state index contributed by atoms with van der Waals surface area (Å²) >= 11 is 3.26. The molecule has 110 valence electrons. The maximum Gasteiger partial charge on any atom is 0.303 e. The van der Waals surface area contributed by atoms with Gasteiger partial charge in [0.1, 0.15) is 0 Å². The van der Waals surface area contributed by atoms with E-state index in [0.717, 1.165) is 10.9 Å². The van der Waals surface area contributed by atoms with Crippen molar-refractivity contribution in [3.63, 3.8) is 0 Å². The third-order valence-electron chi connectivity index (χ3n) is 2.79. The second kappa shape index (κ2) is 7.99. The van der Waals surface area contributed by atoms with Crippen LogP contribution in [0.25, 0.3) is 0 Å². The number of hydrogen-bond acceptors (Lipinski definition) is 3. The van der Waals surface area contributed by atoms with Crippen LogP contribution in [-0.4, -0.2) is 28.5 Å². The molecule has 1 amide bonds. The number of carboxylic acid groups (broad SMARTS) is 1. The predicted molar refractivity (Wildman–Crippen MR) is 79.5 cm³/mol. The van der Waals surface area contributed by atoms with E-state index in [1.807, 2.05) is 13.8 Å². The van der Waals surface area contributed by atoms with Crippen LogP contribution in [0.15, 0.2) is 22.9 Å².